The second-order valence-electron chi connectivity index (χ2n) is 4.88. The van der Waals surface area contributed by atoms with Crippen LogP contribution in [0.4, 0.5) is 0 Å². The van der Waals surface area contributed by atoms with Crippen molar-refractivity contribution < 1.29 is 9.59 Å². The van der Waals surface area contributed by atoms with E-state index in [1.54, 1.807) is 0 Å². The Labute approximate surface area is 97.8 Å². The van der Waals surface area contributed by atoms with E-state index in [0.29, 0.717) is 12.3 Å². The van der Waals surface area contributed by atoms with Gasteiger partial charge in [-0.2, -0.15) is 0 Å². The lowest BCUT2D eigenvalue weighted by Crippen LogP contribution is -2.47. The molecule has 0 heterocycles. The molecule has 0 aromatic heterocycles. The number of nitrogens with two attached hydrogens (primary N) is 2. The first-order valence-corrected chi connectivity index (χ1v) is 5.90. The molecule has 0 aliphatic heterocycles. The van der Waals surface area contributed by atoms with Crippen molar-refractivity contribution in [2.24, 2.45) is 23.3 Å². The molecule has 16 heavy (non-hydrogen) atoms. The van der Waals surface area contributed by atoms with Gasteiger partial charge in [0, 0.05) is 0 Å². The molecule has 0 aliphatic carbocycles. The van der Waals surface area contributed by atoms with Crippen molar-refractivity contribution in [3.8, 4) is 0 Å². The Hall–Kier alpha value is -0.740. The summed E-state index contributed by atoms with van der Waals surface area (Å²) >= 11 is 0. The highest BCUT2D eigenvalue weighted by molar-refractivity contribution is 6.40. The minimum Gasteiger partial charge on any atom is -0.321 e. The van der Waals surface area contributed by atoms with Crippen molar-refractivity contribution >= 4 is 11.6 Å². The standard InChI is InChI=1S/C12H24N2O2/c1-5-8(4)10(14)12(16)11(15)9(13)6-7(2)3/h7-10H,5-6,13-14H2,1-4H3/t8-,9-,10-/m0/s1. The van der Waals surface area contributed by atoms with Gasteiger partial charge in [0.1, 0.15) is 0 Å². The summed E-state index contributed by atoms with van der Waals surface area (Å²) in [5.41, 5.74) is 11.4. The third kappa shape index (κ3) is 4.41. The summed E-state index contributed by atoms with van der Waals surface area (Å²) in [7, 11) is 0. The number of hydrogen-bond acceptors (Lipinski definition) is 4. The maximum absolute atomic E-state index is 11.7. The first-order chi connectivity index (χ1) is 7.31. The highest BCUT2D eigenvalue weighted by atomic mass is 16.2. The molecular formula is C12H24N2O2. The molecule has 4 N–H and O–H groups in total. The fourth-order valence-electron chi connectivity index (χ4n) is 1.47. The summed E-state index contributed by atoms with van der Waals surface area (Å²) < 4.78 is 0. The Bertz CT molecular complexity index is 251. The smallest absolute Gasteiger partial charge is 0.216 e. The SMILES string of the molecule is CC[C@H](C)[C@H](N)C(=O)C(=O)[C@@H](N)CC(C)C. The molecule has 0 aromatic carbocycles. The van der Waals surface area contributed by atoms with Crippen molar-refractivity contribution in [3.05, 3.63) is 0 Å². The number of hydrogen-bond donors (Lipinski definition) is 2. The van der Waals surface area contributed by atoms with Crippen molar-refractivity contribution in [1.82, 2.24) is 0 Å². The monoisotopic (exact) mass is 228 g/mol. The molecule has 0 unspecified atom stereocenters. The van der Waals surface area contributed by atoms with E-state index in [1.165, 1.54) is 0 Å². The highest BCUT2D eigenvalue weighted by Gasteiger charge is 2.29. The molecule has 0 saturated carbocycles. The highest BCUT2D eigenvalue weighted by Crippen LogP contribution is 2.09. The van der Waals surface area contributed by atoms with Crippen LogP contribution in [0.2, 0.25) is 0 Å². The van der Waals surface area contributed by atoms with Crippen LogP contribution in [0.5, 0.6) is 0 Å². The Morgan fingerprint density at radius 2 is 1.56 bits per heavy atom. The number of rotatable bonds is 7. The fraction of sp³-hybridized carbons (Fsp3) is 0.833. The molecule has 0 aliphatic rings. The second-order valence-corrected chi connectivity index (χ2v) is 4.88. The molecule has 0 spiro atoms. The summed E-state index contributed by atoms with van der Waals surface area (Å²) in [6.45, 7) is 7.73. The van der Waals surface area contributed by atoms with E-state index in [-0.39, 0.29) is 5.92 Å². The zero-order chi connectivity index (χ0) is 12.9. The molecular weight excluding hydrogens is 204 g/mol. The van der Waals surface area contributed by atoms with Crippen molar-refractivity contribution in [2.75, 3.05) is 0 Å². The minimum atomic E-state index is -0.712. The Morgan fingerprint density at radius 1 is 1.06 bits per heavy atom. The van der Waals surface area contributed by atoms with Gasteiger partial charge in [0.25, 0.3) is 0 Å². The third-order valence-electron chi connectivity index (χ3n) is 2.86. The van der Waals surface area contributed by atoms with E-state index >= 15 is 0 Å². The van der Waals surface area contributed by atoms with Gasteiger partial charge < -0.3 is 11.5 Å². The molecule has 0 saturated heterocycles. The maximum atomic E-state index is 11.7. The number of carbonyl (C=O) groups is 2. The van der Waals surface area contributed by atoms with Gasteiger partial charge in [0.15, 0.2) is 0 Å². The van der Waals surface area contributed by atoms with Crippen LogP contribution in [0.15, 0.2) is 0 Å². The summed E-state index contributed by atoms with van der Waals surface area (Å²) in [5, 5.41) is 0. The first kappa shape index (κ1) is 15.3. The van der Waals surface area contributed by atoms with Gasteiger partial charge >= 0.3 is 0 Å². The molecule has 3 atom stereocenters. The van der Waals surface area contributed by atoms with E-state index in [2.05, 4.69) is 0 Å². The van der Waals surface area contributed by atoms with Crippen LogP contribution in [-0.2, 0) is 9.59 Å². The van der Waals surface area contributed by atoms with Gasteiger partial charge in [-0.15, -0.1) is 0 Å². The van der Waals surface area contributed by atoms with Gasteiger partial charge in [-0.3, -0.25) is 9.59 Å². The van der Waals surface area contributed by atoms with Crippen molar-refractivity contribution in [3.63, 3.8) is 0 Å². The molecule has 0 rings (SSSR count). The predicted molar refractivity (Wildman–Crippen MR) is 64.9 cm³/mol. The summed E-state index contributed by atoms with van der Waals surface area (Å²) in [6, 6.07) is -1.42. The molecule has 0 aromatic rings. The molecule has 0 radical (unpaired) electrons. The molecule has 0 fully saturated rings. The number of ketones is 2. The van der Waals surface area contributed by atoms with Gasteiger partial charge in [0.2, 0.25) is 11.6 Å². The lowest BCUT2D eigenvalue weighted by molar-refractivity contribution is -0.138. The fourth-order valence-corrected chi connectivity index (χ4v) is 1.47. The zero-order valence-corrected chi connectivity index (χ0v) is 10.7. The van der Waals surface area contributed by atoms with Crippen LogP contribution in [0, 0.1) is 11.8 Å². The predicted octanol–water partition coefficient (Wildman–Crippen LogP) is 0.871. The van der Waals surface area contributed by atoms with Gasteiger partial charge in [-0.05, 0) is 18.3 Å². The van der Waals surface area contributed by atoms with E-state index < -0.39 is 23.7 Å². The second kappa shape index (κ2) is 6.76. The van der Waals surface area contributed by atoms with Gasteiger partial charge in [-0.1, -0.05) is 34.1 Å². The van der Waals surface area contributed by atoms with E-state index in [9.17, 15) is 9.59 Å². The summed E-state index contributed by atoms with van der Waals surface area (Å²) in [6.07, 6.45) is 1.30. The number of carbonyl (C=O) groups excluding carboxylic acids is 2. The first-order valence-electron chi connectivity index (χ1n) is 5.90. The van der Waals surface area contributed by atoms with Crippen LogP contribution >= 0.6 is 0 Å². The van der Waals surface area contributed by atoms with E-state index in [4.69, 9.17) is 11.5 Å². The van der Waals surface area contributed by atoms with Crippen molar-refractivity contribution in [1.29, 1.82) is 0 Å². The summed E-state index contributed by atoms with van der Waals surface area (Å²) in [4.78, 5) is 23.4. The zero-order valence-electron chi connectivity index (χ0n) is 10.7. The van der Waals surface area contributed by atoms with E-state index in [1.807, 2.05) is 27.7 Å². The van der Waals surface area contributed by atoms with Crippen LogP contribution < -0.4 is 11.5 Å². The average molecular weight is 228 g/mol. The van der Waals surface area contributed by atoms with Gasteiger partial charge in [0.05, 0.1) is 12.1 Å². The number of Topliss-reactive ketones (excluding diaryl/α,β-unsaturated/α-hetero) is 2. The Morgan fingerprint density at radius 3 is 1.94 bits per heavy atom. The molecule has 0 amide bonds. The topological polar surface area (TPSA) is 86.2 Å². The lowest BCUT2D eigenvalue weighted by atomic mass is 9.90. The average Bonchev–Trinajstić information content (AvgIpc) is 2.23. The molecule has 0 bridgehead atoms. The van der Waals surface area contributed by atoms with Crippen LogP contribution in [0.25, 0.3) is 0 Å². The maximum Gasteiger partial charge on any atom is 0.216 e. The summed E-state index contributed by atoms with van der Waals surface area (Å²) in [5.74, 6) is -0.738. The van der Waals surface area contributed by atoms with Gasteiger partial charge in [-0.25, -0.2) is 0 Å². The molecule has 94 valence electrons. The third-order valence-corrected chi connectivity index (χ3v) is 2.86. The Balaban J connectivity index is 4.43. The molecule has 4 heteroatoms. The van der Waals surface area contributed by atoms with Crippen LogP contribution in [0.3, 0.4) is 0 Å². The van der Waals surface area contributed by atoms with Crippen LogP contribution in [-0.4, -0.2) is 23.7 Å². The normalized spacial score (nSPS) is 16.9. The van der Waals surface area contributed by atoms with E-state index in [0.717, 1.165) is 6.42 Å². The Kier molecular flexibility index (Phi) is 6.45. The quantitative estimate of drug-likeness (QED) is 0.633. The molecule has 4 nitrogen and oxygen atoms in total. The van der Waals surface area contributed by atoms with Crippen LogP contribution in [0.1, 0.15) is 40.5 Å². The lowest BCUT2D eigenvalue weighted by Gasteiger charge is -2.19. The minimum absolute atomic E-state index is 0.0164. The largest absolute Gasteiger partial charge is 0.321 e. The van der Waals surface area contributed by atoms with Crippen molar-refractivity contribution in [2.45, 2.75) is 52.6 Å².